The standard InChI is InChI=1S/C19H20F2N4O3/c20-13-1-3-15(16(21)11-13)19(27)22-6-5-18(26)24-17-4-2-14(12-23-17)25-7-9-28-10-8-25/h1-4,11-12H,5-10H2,(H,22,27)(H,23,24,26). The number of nitrogens with one attached hydrogen (secondary N) is 2. The van der Waals surface area contributed by atoms with Crippen LogP contribution in [0.1, 0.15) is 16.8 Å². The topological polar surface area (TPSA) is 83.6 Å². The van der Waals surface area contributed by atoms with Crippen molar-refractivity contribution in [3.63, 3.8) is 0 Å². The molecule has 0 saturated carbocycles. The van der Waals surface area contributed by atoms with E-state index in [2.05, 4.69) is 20.5 Å². The van der Waals surface area contributed by atoms with E-state index in [4.69, 9.17) is 4.74 Å². The van der Waals surface area contributed by atoms with Crippen LogP contribution in [0.3, 0.4) is 0 Å². The highest BCUT2D eigenvalue weighted by atomic mass is 19.1. The molecule has 0 unspecified atom stereocenters. The van der Waals surface area contributed by atoms with E-state index in [0.717, 1.165) is 30.9 Å². The number of halogens is 2. The Labute approximate surface area is 160 Å². The fraction of sp³-hybridized carbons (Fsp3) is 0.316. The SMILES string of the molecule is O=C(CCNC(=O)c1ccc(F)cc1F)Nc1ccc(N2CCOCC2)cn1. The molecule has 2 aromatic rings. The van der Waals surface area contributed by atoms with Gasteiger partial charge in [-0.05, 0) is 24.3 Å². The highest BCUT2D eigenvalue weighted by molar-refractivity contribution is 5.95. The number of amides is 2. The summed E-state index contributed by atoms with van der Waals surface area (Å²) in [6, 6.07) is 6.26. The van der Waals surface area contributed by atoms with Gasteiger partial charge in [-0.2, -0.15) is 0 Å². The largest absolute Gasteiger partial charge is 0.378 e. The summed E-state index contributed by atoms with van der Waals surface area (Å²) >= 11 is 0. The van der Waals surface area contributed by atoms with Gasteiger partial charge in [-0.3, -0.25) is 9.59 Å². The normalized spacial score (nSPS) is 13.9. The molecule has 7 nitrogen and oxygen atoms in total. The molecule has 1 aromatic heterocycles. The van der Waals surface area contributed by atoms with Crippen LogP contribution >= 0.6 is 0 Å². The maximum absolute atomic E-state index is 13.5. The highest BCUT2D eigenvalue weighted by Gasteiger charge is 2.14. The van der Waals surface area contributed by atoms with Crippen LogP contribution in [-0.4, -0.2) is 49.6 Å². The van der Waals surface area contributed by atoms with Gasteiger partial charge >= 0.3 is 0 Å². The number of benzene rings is 1. The first-order chi connectivity index (χ1) is 13.5. The molecule has 1 saturated heterocycles. The van der Waals surface area contributed by atoms with Crippen LogP contribution in [-0.2, 0) is 9.53 Å². The van der Waals surface area contributed by atoms with E-state index in [9.17, 15) is 18.4 Å². The molecule has 2 heterocycles. The van der Waals surface area contributed by atoms with E-state index < -0.39 is 17.5 Å². The van der Waals surface area contributed by atoms with Crippen LogP contribution in [0.15, 0.2) is 36.5 Å². The van der Waals surface area contributed by atoms with Gasteiger partial charge < -0.3 is 20.3 Å². The Kier molecular flexibility index (Phi) is 6.49. The van der Waals surface area contributed by atoms with Crippen molar-refractivity contribution < 1.29 is 23.1 Å². The van der Waals surface area contributed by atoms with E-state index in [-0.39, 0.29) is 24.4 Å². The Morgan fingerprint density at radius 3 is 2.61 bits per heavy atom. The molecular formula is C19H20F2N4O3. The second-order valence-electron chi connectivity index (χ2n) is 6.18. The Morgan fingerprint density at radius 2 is 1.93 bits per heavy atom. The summed E-state index contributed by atoms with van der Waals surface area (Å²) in [6.07, 6.45) is 1.67. The number of aromatic nitrogens is 1. The maximum atomic E-state index is 13.5. The van der Waals surface area contributed by atoms with Crippen LogP contribution in [0.25, 0.3) is 0 Å². The number of pyridine rings is 1. The Balaban J connectivity index is 1.44. The van der Waals surface area contributed by atoms with E-state index in [1.54, 1.807) is 12.3 Å². The first kappa shape index (κ1) is 19.7. The van der Waals surface area contributed by atoms with E-state index in [1.165, 1.54) is 0 Å². The number of hydrogen-bond acceptors (Lipinski definition) is 5. The van der Waals surface area contributed by atoms with Crippen molar-refractivity contribution in [2.75, 3.05) is 43.1 Å². The van der Waals surface area contributed by atoms with Gasteiger partial charge in [0, 0.05) is 32.1 Å². The Hall–Kier alpha value is -3.07. The van der Waals surface area contributed by atoms with E-state index in [1.807, 2.05) is 6.07 Å². The minimum Gasteiger partial charge on any atom is -0.378 e. The minimum absolute atomic E-state index is 0.00729. The number of ether oxygens (including phenoxy) is 1. The molecule has 28 heavy (non-hydrogen) atoms. The van der Waals surface area contributed by atoms with Gasteiger partial charge in [-0.25, -0.2) is 13.8 Å². The number of carbonyl (C=O) groups excluding carboxylic acids is 2. The van der Waals surface area contributed by atoms with Gasteiger partial charge in [0.1, 0.15) is 17.5 Å². The van der Waals surface area contributed by atoms with Gasteiger partial charge in [0.15, 0.2) is 0 Å². The van der Waals surface area contributed by atoms with E-state index >= 15 is 0 Å². The van der Waals surface area contributed by atoms with Gasteiger partial charge in [-0.1, -0.05) is 0 Å². The second kappa shape index (κ2) is 9.23. The zero-order chi connectivity index (χ0) is 19.9. The molecule has 0 atom stereocenters. The van der Waals surface area contributed by atoms with Gasteiger partial charge in [0.25, 0.3) is 5.91 Å². The number of carbonyl (C=O) groups is 2. The third-order valence-corrected chi connectivity index (χ3v) is 4.20. The number of nitrogens with zero attached hydrogens (tertiary/aromatic N) is 2. The lowest BCUT2D eigenvalue weighted by Gasteiger charge is -2.28. The quantitative estimate of drug-likeness (QED) is 0.788. The van der Waals surface area contributed by atoms with Crippen LogP contribution in [0.2, 0.25) is 0 Å². The monoisotopic (exact) mass is 390 g/mol. The molecule has 148 valence electrons. The van der Waals surface area contributed by atoms with Crippen LogP contribution in [0, 0.1) is 11.6 Å². The molecule has 2 N–H and O–H groups in total. The second-order valence-corrected chi connectivity index (χ2v) is 6.18. The number of anilines is 2. The number of morpholine rings is 1. The highest BCUT2D eigenvalue weighted by Crippen LogP contribution is 2.16. The number of hydrogen-bond donors (Lipinski definition) is 2. The maximum Gasteiger partial charge on any atom is 0.254 e. The van der Waals surface area contributed by atoms with Crippen LogP contribution in [0.5, 0.6) is 0 Å². The molecule has 9 heteroatoms. The van der Waals surface area contributed by atoms with E-state index in [0.29, 0.717) is 25.1 Å². The Morgan fingerprint density at radius 1 is 1.14 bits per heavy atom. The summed E-state index contributed by atoms with van der Waals surface area (Å²) in [6.45, 7) is 2.94. The van der Waals surface area contributed by atoms with Gasteiger partial charge in [0.2, 0.25) is 5.91 Å². The van der Waals surface area contributed by atoms with Crippen molar-refractivity contribution in [2.45, 2.75) is 6.42 Å². The zero-order valence-corrected chi connectivity index (χ0v) is 15.1. The molecular weight excluding hydrogens is 370 g/mol. The molecule has 2 amide bonds. The van der Waals surface area contributed by atoms with Crippen molar-refractivity contribution in [1.29, 1.82) is 0 Å². The molecule has 1 fully saturated rings. The molecule has 0 radical (unpaired) electrons. The Bertz CT molecular complexity index is 840. The predicted octanol–water partition coefficient (Wildman–Crippen LogP) is 1.95. The lowest BCUT2D eigenvalue weighted by Crippen LogP contribution is -2.36. The minimum atomic E-state index is -0.952. The molecule has 0 aliphatic carbocycles. The van der Waals surface area contributed by atoms with Gasteiger partial charge in [-0.15, -0.1) is 0 Å². The van der Waals surface area contributed by atoms with Crippen molar-refractivity contribution in [3.05, 3.63) is 53.7 Å². The third kappa shape index (κ3) is 5.23. The average molecular weight is 390 g/mol. The summed E-state index contributed by atoms with van der Waals surface area (Å²) in [4.78, 5) is 30.2. The smallest absolute Gasteiger partial charge is 0.254 e. The third-order valence-electron chi connectivity index (χ3n) is 4.20. The molecule has 1 aliphatic rings. The predicted molar refractivity (Wildman–Crippen MR) is 99.2 cm³/mol. The average Bonchev–Trinajstić information content (AvgIpc) is 2.69. The summed E-state index contributed by atoms with van der Waals surface area (Å²) in [5.74, 6) is -2.37. The fourth-order valence-corrected chi connectivity index (χ4v) is 2.73. The van der Waals surface area contributed by atoms with Gasteiger partial charge in [0.05, 0.1) is 30.7 Å². The van der Waals surface area contributed by atoms with Crippen molar-refractivity contribution >= 4 is 23.3 Å². The lowest BCUT2D eigenvalue weighted by atomic mass is 10.2. The first-order valence-corrected chi connectivity index (χ1v) is 8.85. The summed E-state index contributed by atoms with van der Waals surface area (Å²) in [5.41, 5.74) is 0.678. The molecule has 3 rings (SSSR count). The fourth-order valence-electron chi connectivity index (χ4n) is 2.73. The summed E-state index contributed by atoms with van der Waals surface area (Å²) < 4.78 is 31.7. The molecule has 0 spiro atoms. The van der Waals surface area contributed by atoms with Crippen LogP contribution in [0.4, 0.5) is 20.3 Å². The van der Waals surface area contributed by atoms with Crippen molar-refractivity contribution in [1.82, 2.24) is 10.3 Å². The van der Waals surface area contributed by atoms with Crippen molar-refractivity contribution in [2.24, 2.45) is 0 Å². The van der Waals surface area contributed by atoms with Crippen molar-refractivity contribution in [3.8, 4) is 0 Å². The van der Waals surface area contributed by atoms with Crippen LogP contribution < -0.4 is 15.5 Å². The zero-order valence-electron chi connectivity index (χ0n) is 15.1. The first-order valence-electron chi connectivity index (χ1n) is 8.85. The summed E-state index contributed by atoms with van der Waals surface area (Å²) in [7, 11) is 0. The molecule has 1 aliphatic heterocycles. The number of rotatable bonds is 6. The summed E-state index contributed by atoms with van der Waals surface area (Å²) in [5, 5.41) is 5.06. The lowest BCUT2D eigenvalue weighted by molar-refractivity contribution is -0.116. The molecule has 0 bridgehead atoms. The molecule has 1 aromatic carbocycles.